The molecule has 4 heteroatoms. The molecule has 1 saturated heterocycles. The predicted molar refractivity (Wildman–Crippen MR) is 47.9 cm³/mol. The molecule has 70 valence electrons. The molecule has 0 amide bonds. The lowest BCUT2D eigenvalue weighted by molar-refractivity contribution is 0.0882. The molecule has 13 heavy (non-hydrogen) atoms. The lowest BCUT2D eigenvalue weighted by Crippen LogP contribution is -2.12. The molecule has 0 saturated carbocycles. The monoisotopic (exact) mass is 201 g/mol. The van der Waals surface area contributed by atoms with E-state index in [1.165, 1.54) is 6.07 Å². The van der Waals surface area contributed by atoms with Crippen molar-refractivity contribution >= 4 is 11.6 Å². The van der Waals surface area contributed by atoms with Crippen molar-refractivity contribution in [2.75, 3.05) is 6.61 Å². The smallest absolute Gasteiger partial charge is 0.142 e. The summed E-state index contributed by atoms with van der Waals surface area (Å²) in [6.45, 7) is 0.636. The fourth-order valence-corrected chi connectivity index (χ4v) is 1.66. The Morgan fingerprint density at radius 2 is 2.38 bits per heavy atom. The van der Waals surface area contributed by atoms with Gasteiger partial charge in [0.2, 0.25) is 0 Å². The van der Waals surface area contributed by atoms with Crippen molar-refractivity contribution in [2.45, 2.75) is 12.5 Å². The molecule has 2 nitrogen and oxygen atoms in total. The van der Waals surface area contributed by atoms with Crippen LogP contribution in [0, 0.1) is 5.82 Å². The Bertz CT molecular complexity index is 312. The number of hydrogen-bond acceptors (Lipinski definition) is 2. The van der Waals surface area contributed by atoms with Crippen molar-refractivity contribution in [1.29, 1.82) is 0 Å². The van der Waals surface area contributed by atoms with Gasteiger partial charge < -0.3 is 4.84 Å². The zero-order valence-corrected chi connectivity index (χ0v) is 7.64. The van der Waals surface area contributed by atoms with E-state index < -0.39 is 0 Å². The van der Waals surface area contributed by atoms with Crippen molar-refractivity contribution in [1.82, 2.24) is 5.48 Å². The van der Waals surface area contributed by atoms with Crippen LogP contribution in [0.2, 0.25) is 5.02 Å². The molecule has 1 fully saturated rings. The van der Waals surface area contributed by atoms with E-state index in [1.54, 1.807) is 12.1 Å². The molecule has 1 aromatic carbocycles. The lowest BCUT2D eigenvalue weighted by Gasteiger charge is -2.10. The van der Waals surface area contributed by atoms with Gasteiger partial charge in [0.25, 0.3) is 0 Å². The van der Waals surface area contributed by atoms with Crippen molar-refractivity contribution < 1.29 is 9.23 Å². The van der Waals surface area contributed by atoms with Gasteiger partial charge in [0.15, 0.2) is 0 Å². The molecule has 0 aromatic heterocycles. The zero-order valence-electron chi connectivity index (χ0n) is 6.89. The fraction of sp³-hybridized carbons (Fsp3) is 0.333. The van der Waals surface area contributed by atoms with E-state index in [0.717, 1.165) is 12.0 Å². The van der Waals surface area contributed by atoms with E-state index in [4.69, 9.17) is 16.4 Å². The fourth-order valence-electron chi connectivity index (χ4n) is 1.40. The van der Waals surface area contributed by atoms with E-state index >= 15 is 0 Å². The van der Waals surface area contributed by atoms with Gasteiger partial charge in [-0.25, -0.2) is 4.39 Å². The van der Waals surface area contributed by atoms with Gasteiger partial charge in [-0.15, -0.1) is 0 Å². The van der Waals surface area contributed by atoms with Crippen LogP contribution in [0.15, 0.2) is 18.2 Å². The number of halogens is 2. The molecule has 0 aliphatic carbocycles. The van der Waals surface area contributed by atoms with Crippen LogP contribution >= 0.6 is 11.6 Å². The molecule has 1 atom stereocenters. The van der Waals surface area contributed by atoms with Crippen LogP contribution in [-0.4, -0.2) is 6.61 Å². The highest BCUT2D eigenvalue weighted by molar-refractivity contribution is 6.31. The highest BCUT2D eigenvalue weighted by Gasteiger charge is 2.20. The first kappa shape index (κ1) is 8.94. The van der Waals surface area contributed by atoms with Gasteiger partial charge in [-0.2, -0.15) is 5.48 Å². The van der Waals surface area contributed by atoms with Gasteiger partial charge in [-0.3, -0.25) is 0 Å². The summed E-state index contributed by atoms with van der Waals surface area (Å²) in [6.07, 6.45) is 0.823. The molecule has 0 bridgehead atoms. The molecule has 1 aliphatic heterocycles. The molecule has 1 aromatic rings. The highest BCUT2D eigenvalue weighted by atomic mass is 35.5. The third-order valence-electron chi connectivity index (χ3n) is 2.09. The first-order valence-corrected chi connectivity index (χ1v) is 4.48. The quantitative estimate of drug-likeness (QED) is 0.754. The lowest BCUT2D eigenvalue weighted by atomic mass is 10.1. The molecular weight excluding hydrogens is 193 g/mol. The van der Waals surface area contributed by atoms with Crippen LogP contribution < -0.4 is 5.48 Å². The second-order valence-electron chi connectivity index (χ2n) is 2.95. The standard InChI is InChI=1S/C9H9ClFNO/c10-9-6(2-1-3-7(9)11)8-4-5-13-12-8/h1-3,8,12H,4-5H2/t8-/m1/s1. The van der Waals surface area contributed by atoms with E-state index in [-0.39, 0.29) is 16.9 Å². The third-order valence-corrected chi connectivity index (χ3v) is 2.49. The van der Waals surface area contributed by atoms with Gasteiger partial charge in [0, 0.05) is 0 Å². The summed E-state index contributed by atoms with van der Waals surface area (Å²) in [7, 11) is 0. The Kier molecular flexibility index (Phi) is 2.49. The summed E-state index contributed by atoms with van der Waals surface area (Å²) in [6, 6.07) is 4.82. The van der Waals surface area contributed by atoms with Crippen molar-refractivity contribution in [3.05, 3.63) is 34.6 Å². The van der Waals surface area contributed by atoms with Crippen LogP contribution in [0.5, 0.6) is 0 Å². The minimum absolute atomic E-state index is 0.0169. The van der Waals surface area contributed by atoms with Gasteiger partial charge in [0.05, 0.1) is 17.7 Å². The maximum atomic E-state index is 13.0. The SMILES string of the molecule is Fc1cccc([C@H]2CCON2)c1Cl. The van der Waals surface area contributed by atoms with Crippen LogP contribution in [0.25, 0.3) is 0 Å². The largest absolute Gasteiger partial charge is 0.301 e. The normalized spacial score (nSPS) is 22.2. The Labute approximate surface area is 80.6 Å². The van der Waals surface area contributed by atoms with E-state index in [0.29, 0.717) is 6.61 Å². The Morgan fingerprint density at radius 3 is 3.08 bits per heavy atom. The molecular formula is C9H9ClFNO. The molecule has 0 radical (unpaired) electrons. The summed E-state index contributed by atoms with van der Waals surface area (Å²) in [4.78, 5) is 4.98. The second kappa shape index (κ2) is 3.62. The van der Waals surface area contributed by atoms with Gasteiger partial charge in [0.1, 0.15) is 5.82 Å². The average Bonchev–Trinajstić information content (AvgIpc) is 2.62. The molecule has 0 spiro atoms. The summed E-state index contributed by atoms with van der Waals surface area (Å²) in [5.74, 6) is -0.382. The molecule has 1 heterocycles. The first-order chi connectivity index (χ1) is 6.29. The van der Waals surface area contributed by atoms with E-state index in [2.05, 4.69) is 5.48 Å². The molecule has 2 rings (SSSR count). The Morgan fingerprint density at radius 1 is 1.54 bits per heavy atom. The highest BCUT2D eigenvalue weighted by Crippen LogP contribution is 2.29. The van der Waals surface area contributed by atoms with Crippen LogP contribution in [-0.2, 0) is 4.84 Å². The summed E-state index contributed by atoms with van der Waals surface area (Å²) < 4.78 is 13.0. The summed E-state index contributed by atoms with van der Waals surface area (Å²) in [5, 5.41) is 0.186. The minimum Gasteiger partial charge on any atom is -0.301 e. The number of nitrogens with one attached hydrogen (secondary N) is 1. The number of hydrogen-bond donors (Lipinski definition) is 1. The maximum Gasteiger partial charge on any atom is 0.142 e. The zero-order chi connectivity index (χ0) is 9.26. The first-order valence-electron chi connectivity index (χ1n) is 4.10. The van der Waals surface area contributed by atoms with Gasteiger partial charge in [-0.1, -0.05) is 23.7 Å². The van der Waals surface area contributed by atoms with Crippen LogP contribution in [0.4, 0.5) is 4.39 Å². The number of benzene rings is 1. The topological polar surface area (TPSA) is 21.3 Å². The van der Waals surface area contributed by atoms with Gasteiger partial charge in [-0.05, 0) is 18.1 Å². The third kappa shape index (κ3) is 1.68. The summed E-state index contributed by atoms with van der Waals surface area (Å²) in [5.41, 5.74) is 3.55. The average molecular weight is 202 g/mol. The predicted octanol–water partition coefficient (Wildman–Crippen LogP) is 2.45. The van der Waals surface area contributed by atoms with Gasteiger partial charge >= 0.3 is 0 Å². The number of hydroxylamine groups is 1. The number of rotatable bonds is 1. The maximum absolute atomic E-state index is 13.0. The van der Waals surface area contributed by atoms with E-state index in [9.17, 15) is 4.39 Å². The van der Waals surface area contributed by atoms with Crippen molar-refractivity contribution in [3.8, 4) is 0 Å². The van der Waals surface area contributed by atoms with E-state index in [1.807, 2.05) is 0 Å². The molecule has 1 N–H and O–H groups in total. The molecule has 1 aliphatic rings. The van der Waals surface area contributed by atoms with Crippen molar-refractivity contribution in [2.24, 2.45) is 0 Å². The van der Waals surface area contributed by atoms with Crippen LogP contribution in [0.1, 0.15) is 18.0 Å². The minimum atomic E-state index is -0.382. The molecule has 0 unspecified atom stereocenters. The van der Waals surface area contributed by atoms with Crippen molar-refractivity contribution in [3.63, 3.8) is 0 Å². The Balaban J connectivity index is 2.33. The second-order valence-corrected chi connectivity index (χ2v) is 3.33. The Hall–Kier alpha value is -0.640. The summed E-state index contributed by atoms with van der Waals surface area (Å²) >= 11 is 5.80. The van der Waals surface area contributed by atoms with Crippen LogP contribution in [0.3, 0.4) is 0 Å².